The summed E-state index contributed by atoms with van der Waals surface area (Å²) < 4.78 is 7.79. The lowest BCUT2D eigenvalue weighted by molar-refractivity contribution is 0.0383. The van der Waals surface area contributed by atoms with Crippen molar-refractivity contribution in [1.29, 1.82) is 0 Å². The van der Waals surface area contributed by atoms with E-state index in [1.807, 2.05) is 22.9 Å². The molecule has 1 amide bonds. The summed E-state index contributed by atoms with van der Waals surface area (Å²) in [7, 11) is 0. The van der Waals surface area contributed by atoms with Gasteiger partial charge >= 0.3 is 0 Å². The molecule has 1 atom stereocenters. The Hall–Kier alpha value is -2.34. The van der Waals surface area contributed by atoms with E-state index in [9.17, 15) is 4.79 Å². The number of hydrogen-bond acceptors (Lipinski definition) is 3. The van der Waals surface area contributed by atoms with Gasteiger partial charge in [-0.3, -0.25) is 9.48 Å². The molecule has 0 radical (unpaired) electrons. The maximum Gasteiger partial charge on any atom is 0.252 e. The third-order valence-corrected chi connectivity index (χ3v) is 5.52. The van der Waals surface area contributed by atoms with E-state index in [1.54, 1.807) is 18.2 Å². The van der Waals surface area contributed by atoms with E-state index in [-0.39, 0.29) is 17.0 Å². The molecule has 5 nitrogen and oxygen atoms in total. The van der Waals surface area contributed by atoms with Crippen LogP contribution in [0, 0.1) is 0 Å². The Morgan fingerprint density at radius 2 is 2.00 bits per heavy atom. The summed E-state index contributed by atoms with van der Waals surface area (Å²) in [5.41, 5.74) is 3.56. The number of fused-ring (bicyclic) bond motifs is 1. The largest absolute Gasteiger partial charge is 0.370 e. The molecule has 28 heavy (non-hydrogen) atoms. The highest BCUT2D eigenvalue weighted by atomic mass is 35.5. The number of carbonyl (C=O) groups is 1. The van der Waals surface area contributed by atoms with Gasteiger partial charge in [0.1, 0.15) is 6.10 Å². The minimum Gasteiger partial charge on any atom is -0.370 e. The maximum absolute atomic E-state index is 12.5. The molecule has 0 fully saturated rings. The minimum absolute atomic E-state index is 0.249. The molecule has 0 saturated heterocycles. The van der Waals surface area contributed by atoms with E-state index in [2.05, 4.69) is 23.6 Å². The summed E-state index contributed by atoms with van der Waals surface area (Å²) in [6, 6.07) is 15.2. The lowest BCUT2D eigenvalue weighted by atomic mass is 10.1. The van der Waals surface area contributed by atoms with Crippen molar-refractivity contribution in [3.63, 3.8) is 0 Å². The van der Waals surface area contributed by atoms with Crippen LogP contribution in [0.5, 0.6) is 0 Å². The van der Waals surface area contributed by atoms with Crippen LogP contribution >= 0.6 is 23.2 Å². The predicted molar refractivity (Wildman–Crippen MR) is 109 cm³/mol. The van der Waals surface area contributed by atoms with Crippen molar-refractivity contribution in [3.05, 3.63) is 87.2 Å². The van der Waals surface area contributed by atoms with Crippen LogP contribution in [-0.2, 0) is 17.7 Å². The fourth-order valence-corrected chi connectivity index (χ4v) is 3.68. The van der Waals surface area contributed by atoms with Crippen LogP contribution in [0.3, 0.4) is 0 Å². The van der Waals surface area contributed by atoms with Crippen molar-refractivity contribution < 1.29 is 9.53 Å². The fourth-order valence-electron chi connectivity index (χ4n) is 3.30. The summed E-state index contributed by atoms with van der Waals surface area (Å²) in [4.78, 5) is 12.5. The molecule has 1 aliphatic heterocycles. The number of nitrogens with zero attached hydrogens (tertiary/aromatic N) is 2. The number of nitrogens with one attached hydrogen (secondary N) is 1. The zero-order chi connectivity index (χ0) is 19.5. The normalized spacial score (nSPS) is 15.9. The first kappa shape index (κ1) is 19.0. The second-order valence-electron chi connectivity index (χ2n) is 6.64. The van der Waals surface area contributed by atoms with Gasteiger partial charge in [-0.05, 0) is 29.7 Å². The van der Waals surface area contributed by atoms with Crippen molar-refractivity contribution in [2.45, 2.75) is 19.1 Å². The van der Waals surface area contributed by atoms with Crippen molar-refractivity contribution in [1.82, 2.24) is 15.1 Å². The predicted octanol–water partition coefficient (Wildman–Crippen LogP) is 4.28. The molecule has 0 bridgehead atoms. The van der Waals surface area contributed by atoms with Crippen LogP contribution in [0.1, 0.15) is 33.3 Å². The number of carbonyl (C=O) groups excluding carboxylic acids is 1. The molecule has 1 aliphatic rings. The SMILES string of the molecule is O=C(NCC1OCCc2cn(Cc3ccccc3)nc21)c1cccc(Cl)c1Cl. The van der Waals surface area contributed by atoms with E-state index < -0.39 is 0 Å². The Morgan fingerprint density at radius 3 is 2.82 bits per heavy atom. The number of benzene rings is 2. The standard InChI is InChI=1S/C21H19Cl2N3O2/c22-17-8-4-7-16(19(17)23)21(27)24-11-18-20-15(9-10-28-18)13-26(25-20)12-14-5-2-1-3-6-14/h1-8,13,18H,9-12H2,(H,24,27). The number of hydrogen-bond donors (Lipinski definition) is 1. The monoisotopic (exact) mass is 415 g/mol. The van der Waals surface area contributed by atoms with Gasteiger partial charge in [-0.2, -0.15) is 5.10 Å². The molecular formula is C21H19Cl2N3O2. The number of ether oxygens (including phenoxy) is 1. The lowest BCUT2D eigenvalue weighted by Gasteiger charge is -2.22. The van der Waals surface area contributed by atoms with Crippen LogP contribution in [-0.4, -0.2) is 28.8 Å². The molecule has 1 N–H and O–H groups in total. The Labute approximate surface area is 173 Å². The van der Waals surface area contributed by atoms with Crippen LogP contribution in [0.15, 0.2) is 54.7 Å². The lowest BCUT2D eigenvalue weighted by Crippen LogP contribution is -2.32. The summed E-state index contributed by atoms with van der Waals surface area (Å²) in [6.45, 7) is 1.62. The summed E-state index contributed by atoms with van der Waals surface area (Å²) in [5, 5.41) is 8.18. The molecule has 144 valence electrons. The molecular weight excluding hydrogens is 397 g/mol. The highest BCUT2D eigenvalue weighted by Crippen LogP contribution is 2.27. The highest BCUT2D eigenvalue weighted by Gasteiger charge is 2.25. The Bertz CT molecular complexity index is 989. The molecule has 0 spiro atoms. The van der Waals surface area contributed by atoms with Gasteiger partial charge in [-0.15, -0.1) is 0 Å². The second-order valence-corrected chi connectivity index (χ2v) is 7.43. The van der Waals surface area contributed by atoms with Gasteiger partial charge in [0.05, 0.1) is 34.5 Å². The van der Waals surface area contributed by atoms with Gasteiger partial charge in [-0.1, -0.05) is 59.6 Å². The molecule has 2 aromatic carbocycles. The molecule has 0 aliphatic carbocycles. The van der Waals surface area contributed by atoms with E-state index in [1.165, 1.54) is 5.56 Å². The fraction of sp³-hybridized carbons (Fsp3) is 0.238. The van der Waals surface area contributed by atoms with Gasteiger partial charge in [0, 0.05) is 12.7 Å². The third kappa shape index (κ3) is 4.07. The van der Waals surface area contributed by atoms with E-state index in [0.29, 0.717) is 30.3 Å². The summed E-state index contributed by atoms with van der Waals surface area (Å²) in [5.74, 6) is -0.285. The smallest absolute Gasteiger partial charge is 0.252 e. The average molecular weight is 416 g/mol. The summed E-state index contributed by atoms with van der Waals surface area (Å²) >= 11 is 12.1. The second kappa shape index (κ2) is 8.35. The Balaban J connectivity index is 1.46. The number of halogens is 2. The first-order valence-electron chi connectivity index (χ1n) is 9.06. The van der Waals surface area contributed by atoms with E-state index in [0.717, 1.165) is 17.7 Å². The zero-order valence-corrected chi connectivity index (χ0v) is 16.6. The number of amides is 1. The maximum atomic E-state index is 12.5. The van der Waals surface area contributed by atoms with Gasteiger partial charge in [0.2, 0.25) is 0 Å². The molecule has 7 heteroatoms. The topological polar surface area (TPSA) is 56.1 Å². The van der Waals surface area contributed by atoms with Crippen LogP contribution in [0.4, 0.5) is 0 Å². The molecule has 4 rings (SSSR count). The van der Waals surface area contributed by atoms with E-state index in [4.69, 9.17) is 33.0 Å². The molecule has 1 unspecified atom stereocenters. The quantitative estimate of drug-likeness (QED) is 0.676. The van der Waals surface area contributed by atoms with Gasteiger partial charge in [0.25, 0.3) is 5.91 Å². The molecule has 1 aromatic heterocycles. The first-order valence-corrected chi connectivity index (χ1v) is 9.81. The number of rotatable bonds is 5. The summed E-state index contributed by atoms with van der Waals surface area (Å²) in [6.07, 6.45) is 2.59. The Morgan fingerprint density at radius 1 is 1.18 bits per heavy atom. The van der Waals surface area contributed by atoms with Crippen molar-refractivity contribution in [2.75, 3.05) is 13.2 Å². The van der Waals surface area contributed by atoms with Gasteiger partial charge in [-0.25, -0.2) is 0 Å². The van der Waals surface area contributed by atoms with Crippen molar-refractivity contribution in [2.24, 2.45) is 0 Å². The third-order valence-electron chi connectivity index (χ3n) is 4.70. The van der Waals surface area contributed by atoms with E-state index >= 15 is 0 Å². The van der Waals surface area contributed by atoms with Crippen LogP contribution in [0.2, 0.25) is 10.0 Å². The van der Waals surface area contributed by atoms with Crippen molar-refractivity contribution >= 4 is 29.1 Å². The average Bonchev–Trinajstić information content (AvgIpc) is 3.12. The van der Waals surface area contributed by atoms with Gasteiger partial charge in [0.15, 0.2) is 0 Å². The van der Waals surface area contributed by atoms with Crippen LogP contribution < -0.4 is 5.32 Å². The number of aromatic nitrogens is 2. The first-order chi connectivity index (χ1) is 13.6. The Kier molecular flexibility index (Phi) is 5.67. The molecule has 3 aromatic rings. The van der Waals surface area contributed by atoms with Crippen LogP contribution in [0.25, 0.3) is 0 Å². The highest BCUT2D eigenvalue weighted by molar-refractivity contribution is 6.43. The minimum atomic E-state index is -0.289. The molecule has 0 saturated carbocycles. The van der Waals surface area contributed by atoms with Gasteiger partial charge < -0.3 is 10.1 Å². The molecule has 2 heterocycles. The zero-order valence-electron chi connectivity index (χ0n) is 15.1. The van der Waals surface area contributed by atoms with Crippen molar-refractivity contribution in [3.8, 4) is 0 Å².